The Balaban J connectivity index is 2.42. The molecule has 66 valence electrons. The lowest BCUT2D eigenvalue weighted by molar-refractivity contribution is 0.668. The summed E-state index contributed by atoms with van der Waals surface area (Å²) >= 11 is 0. The smallest absolute Gasteiger partial charge is 0.0659 e. The second kappa shape index (κ2) is 2.92. The van der Waals surface area contributed by atoms with Crippen LogP contribution in [0.5, 0.6) is 0 Å². The van der Waals surface area contributed by atoms with Gasteiger partial charge in [-0.05, 0) is 38.2 Å². The maximum atomic E-state index is 4.53. The molecule has 2 rings (SSSR count). The van der Waals surface area contributed by atoms with Gasteiger partial charge in [0.25, 0.3) is 0 Å². The molecule has 0 bridgehead atoms. The summed E-state index contributed by atoms with van der Waals surface area (Å²) in [6.45, 7) is 2.18. The van der Waals surface area contributed by atoms with E-state index < -0.39 is 0 Å². The van der Waals surface area contributed by atoms with Gasteiger partial charge in [-0.2, -0.15) is 5.10 Å². The van der Waals surface area contributed by atoms with Crippen LogP contribution in [0.1, 0.15) is 36.2 Å². The quantitative estimate of drug-likeness (QED) is 0.536. The number of nitrogens with zero attached hydrogens (tertiary/aromatic N) is 2. The topological polar surface area (TPSA) is 17.8 Å². The zero-order valence-electron chi connectivity index (χ0n) is 7.93. The van der Waals surface area contributed by atoms with E-state index in [-0.39, 0.29) is 0 Å². The monoisotopic (exact) mass is 164 g/mol. The second-order valence-electron chi connectivity index (χ2n) is 3.69. The standard InChI is InChI=1S/C10H16N2/c1-8-9-6-4-3-5-7-10(9)11-12(8)2/h3-7H2,1-2H3. The van der Waals surface area contributed by atoms with Crippen molar-refractivity contribution in [3.8, 4) is 0 Å². The molecule has 2 heteroatoms. The summed E-state index contributed by atoms with van der Waals surface area (Å²) in [4.78, 5) is 0. The van der Waals surface area contributed by atoms with Gasteiger partial charge >= 0.3 is 0 Å². The first-order chi connectivity index (χ1) is 5.79. The van der Waals surface area contributed by atoms with Crippen molar-refractivity contribution < 1.29 is 0 Å². The van der Waals surface area contributed by atoms with Crippen molar-refractivity contribution >= 4 is 0 Å². The number of rotatable bonds is 0. The van der Waals surface area contributed by atoms with E-state index in [2.05, 4.69) is 12.0 Å². The van der Waals surface area contributed by atoms with E-state index in [1.807, 2.05) is 11.7 Å². The van der Waals surface area contributed by atoms with Crippen LogP contribution < -0.4 is 0 Å². The van der Waals surface area contributed by atoms with E-state index in [4.69, 9.17) is 0 Å². The van der Waals surface area contributed by atoms with Crippen molar-refractivity contribution in [2.24, 2.45) is 7.05 Å². The Labute approximate surface area is 73.6 Å². The molecule has 0 fully saturated rings. The molecule has 0 N–H and O–H groups in total. The van der Waals surface area contributed by atoms with E-state index in [0.717, 1.165) is 0 Å². The maximum absolute atomic E-state index is 4.53. The van der Waals surface area contributed by atoms with Gasteiger partial charge in [0, 0.05) is 12.7 Å². The molecular weight excluding hydrogens is 148 g/mol. The van der Waals surface area contributed by atoms with Crippen molar-refractivity contribution in [2.75, 3.05) is 0 Å². The Morgan fingerprint density at radius 3 is 2.75 bits per heavy atom. The fourth-order valence-corrected chi connectivity index (χ4v) is 2.02. The van der Waals surface area contributed by atoms with Gasteiger partial charge in [-0.3, -0.25) is 4.68 Å². The predicted molar refractivity (Wildman–Crippen MR) is 49.2 cm³/mol. The Morgan fingerprint density at radius 1 is 1.17 bits per heavy atom. The van der Waals surface area contributed by atoms with Crippen molar-refractivity contribution in [3.05, 3.63) is 17.0 Å². The van der Waals surface area contributed by atoms with Crippen LogP contribution in [-0.4, -0.2) is 9.78 Å². The van der Waals surface area contributed by atoms with Crippen molar-refractivity contribution in [3.63, 3.8) is 0 Å². The van der Waals surface area contributed by atoms with Gasteiger partial charge in [-0.25, -0.2) is 0 Å². The zero-order chi connectivity index (χ0) is 8.55. The van der Waals surface area contributed by atoms with Gasteiger partial charge in [-0.15, -0.1) is 0 Å². The normalized spacial score (nSPS) is 17.2. The molecule has 0 saturated heterocycles. The lowest BCUT2D eigenvalue weighted by Crippen LogP contribution is -1.94. The van der Waals surface area contributed by atoms with Crippen molar-refractivity contribution in [1.82, 2.24) is 9.78 Å². The zero-order valence-corrected chi connectivity index (χ0v) is 7.93. The molecule has 1 aliphatic carbocycles. The van der Waals surface area contributed by atoms with E-state index >= 15 is 0 Å². The number of fused-ring (bicyclic) bond motifs is 1. The van der Waals surface area contributed by atoms with Gasteiger partial charge in [0.2, 0.25) is 0 Å². The van der Waals surface area contributed by atoms with Crippen molar-refractivity contribution in [2.45, 2.75) is 39.0 Å². The van der Waals surface area contributed by atoms with Gasteiger partial charge in [-0.1, -0.05) is 6.42 Å². The molecule has 0 atom stereocenters. The molecule has 2 nitrogen and oxygen atoms in total. The molecule has 0 spiro atoms. The lowest BCUT2D eigenvalue weighted by atomic mass is 10.1. The average molecular weight is 164 g/mol. The number of aromatic nitrogens is 2. The van der Waals surface area contributed by atoms with E-state index in [1.165, 1.54) is 49.1 Å². The molecule has 1 aliphatic rings. The van der Waals surface area contributed by atoms with Crippen molar-refractivity contribution in [1.29, 1.82) is 0 Å². The Kier molecular flexibility index (Phi) is 1.91. The number of hydrogen-bond acceptors (Lipinski definition) is 1. The van der Waals surface area contributed by atoms with E-state index in [0.29, 0.717) is 0 Å². The highest BCUT2D eigenvalue weighted by atomic mass is 15.3. The lowest BCUT2D eigenvalue weighted by Gasteiger charge is -1.97. The molecule has 0 unspecified atom stereocenters. The first kappa shape index (κ1) is 7.84. The van der Waals surface area contributed by atoms with Crippen LogP contribution in [0.3, 0.4) is 0 Å². The molecule has 1 aromatic heterocycles. The summed E-state index contributed by atoms with van der Waals surface area (Å²) in [5.41, 5.74) is 4.24. The van der Waals surface area contributed by atoms with Crippen LogP contribution in [0.15, 0.2) is 0 Å². The first-order valence-corrected chi connectivity index (χ1v) is 4.80. The number of hydrogen-bond donors (Lipinski definition) is 0. The minimum atomic E-state index is 1.19. The summed E-state index contributed by atoms with van der Waals surface area (Å²) in [7, 11) is 2.05. The fourth-order valence-electron chi connectivity index (χ4n) is 2.02. The Hall–Kier alpha value is -0.790. The van der Waals surface area contributed by atoms with Gasteiger partial charge in [0.15, 0.2) is 0 Å². The maximum Gasteiger partial charge on any atom is 0.0659 e. The van der Waals surface area contributed by atoms with Crippen LogP contribution in [0.4, 0.5) is 0 Å². The van der Waals surface area contributed by atoms with Gasteiger partial charge < -0.3 is 0 Å². The van der Waals surface area contributed by atoms with Crippen LogP contribution in [-0.2, 0) is 19.9 Å². The summed E-state index contributed by atoms with van der Waals surface area (Å²) in [5.74, 6) is 0. The molecule has 1 heterocycles. The Morgan fingerprint density at radius 2 is 1.92 bits per heavy atom. The predicted octanol–water partition coefficient (Wildman–Crippen LogP) is 2.00. The highest BCUT2D eigenvalue weighted by Gasteiger charge is 2.14. The molecule has 0 radical (unpaired) electrons. The third-order valence-corrected chi connectivity index (χ3v) is 2.88. The molecule has 0 amide bonds. The Bertz CT molecular complexity index is 286. The molecule has 0 saturated carbocycles. The molecule has 0 aromatic carbocycles. The summed E-state index contributed by atoms with van der Waals surface area (Å²) in [6.07, 6.45) is 6.48. The SMILES string of the molecule is Cc1c2c(nn1C)CCCCC2. The molecule has 12 heavy (non-hydrogen) atoms. The van der Waals surface area contributed by atoms with Crippen LogP contribution in [0.25, 0.3) is 0 Å². The first-order valence-electron chi connectivity index (χ1n) is 4.80. The average Bonchev–Trinajstić information content (AvgIpc) is 2.30. The fraction of sp³-hybridized carbons (Fsp3) is 0.700. The van der Waals surface area contributed by atoms with Gasteiger partial charge in [0.1, 0.15) is 0 Å². The van der Waals surface area contributed by atoms with Crippen LogP contribution >= 0.6 is 0 Å². The van der Waals surface area contributed by atoms with Crippen LogP contribution in [0, 0.1) is 6.92 Å². The minimum absolute atomic E-state index is 1.19. The minimum Gasteiger partial charge on any atom is -0.272 e. The molecule has 0 aliphatic heterocycles. The van der Waals surface area contributed by atoms with E-state index in [1.54, 1.807) is 0 Å². The highest BCUT2D eigenvalue weighted by Crippen LogP contribution is 2.21. The van der Waals surface area contributed by atoms with E-state index in [9.17, 15) is 0 Å². The highest BCUT2D eigenvalue weighted by molar-refractivity contribution is 5.26. The number of aryl methyl sites for hydroxylation is 2. The third kappa shape index (κ3) is 1.15. The summed E-state index contributed by atoms with van der Waals surface area (Å²) in [6, 6.07) is 0. The summed E-state index contributed by atoms with van der Waals surface area (Å²) in [5, 5.41) is 4.53. The summed E-state index contributed by atoms with van der Waals surface area (Å²) < 4.78 is 2.02. The van der Waals surface area contributed by atoms with Crippen LogP contribution in [0.2, 0.25) is 0 Å². The van der Waals surface area contributed by atoms with Gasteiger partial charge in [0.05, 0.1) is 5.69 Å². The third-order valence-electron chi connectivity index (χ3n) is 2.88. The largest absolute Gasteiger partial charge is 0.272 e. The second-order valence-corrected chi connectivity index (χ2v) is 3.69. The molecular formula is C10H16N2. The molecule has 1 aromatic rings.